The zero-order chi connectivity index (χ0) is 18.4. The summed E-state index contributed by atoms with van der Waals surface area (Å²) in [7, 11) is 0. The predicted octanol–water partition coefficient (Wildman–Crippen LogP) is 3.31. The van der Waals surface area contributed by atoms with Crippen LogP contribution in [-0.2, 0) is 4.79 Å². The van der Waals surface area contributed by atoms with Crippen molar-refractivity contribution in [3.8, 4) is 0 Å². The van der Waals surface area contributed by atoms with Crippen LogP contribution in [0.3, 0.4) is 0 Å². The van der Waals surface area contributed by atoms with Crippen LogP contribution < -0.4 is 10.2 Å². The lowest BCUT2D eigenvalue weighted by molar-refractivity contribution is -0.122. The summed E-state index contributed by atoms with van der Waals surface area (Å²) in [6.45, 7) is 8.55. The molecular weight excluding hydrogens is 326 g/mol. The molecule has 1 aromatic heterocycles. The summed E-state index contributed by atoms with van der Waals surface area (Å²) < 4.78 is 5.67. The summed E-state index contributed by atoms with van der Waals surface area (Å²) >= 11 is 0. The third kappa shape index (κ3) is 4.88. The molecule has 5 nitrogen and oxygen atoms in total. The van der Waals surface area contributed by atoms with Gasteiger partial charge >= 0.3 is 0 Å². The molecule has 5 heteroatoms. The summed E-state index contributed by atoms with van der Waals surface area (Å²) in [4.78, 5) is 16.9. The molecule has 1 aliphatic rings. The Labute approximate surface area is 156 Å². The number of hydrogen-bond acceptors (Lipinski definition) is 4. The third-order valence-corrected chi connectivity index (χ3v) is 4.83. The number of nitrogens with zero attached hydrogens (tertiary/aromatic N) is 2. The first-order valence-corrected chi connectivity index (χ1v) is 9.47. The molecule has 2 heterocycles. The number of nitrogens with one attached hydrogen (secondary N) is 1. The Morgan fingerprint density at radius 1 is 1.08 bits per heavy atom. The van der Waals surface area contributed by atoms with Crippen LogP contribution in [0.2, 0.25) is 0 Å². The van der Waals surface area contributed by atoms with Crippen molar-refractivity contribution in [3.05, 3.63) is 54.5 Å². The van der Waals surface area contributed by atoms with Crippen LogP contribution in [-0.4, -0.2) is 43.5 Å². The van der Waals surface area contributed by atoms with E-state index in [-0.39, 0.29) is 11.9 Å². The third-order valence-electron chi connectivity index (χ3n) is 4.83. The monoisotopic (exact) mass is 355 g/mol. The van der Waals surface area contributed by atoms with Crippen LogP contribution in [0.1, 0.15) is 32.1 Å². The Hall–Kier alpha value is -2.27. The number of piperazine rings is 1. The molecule has 0 saturated carbocycles. The van der Waals surface area contributed by atoms with E-state index < -0.39 is 0 Å². The highest BCUT2D eigenvalue weighted by Crippen LogP contribution is 2.24. The van der Waals surface area contributed by atoms with Crippen molar-refractivity contribution in [3.63, 3.8) is 0 Å². The van der Waals surface area contributed by atoms with Gasteiger partial charge in [-0.05, 0) is 30.2 Å². The fourth-order valence-electron chi connectivity index (χ4n) is 3.47. The zero-order valence-corrected chi connectivity index (χ0v) is 15.7. The number of rotatable bonds is 7. The lowest BCUT2D eigenvalue weighted by Gasteiger charge is -2.39. The fraction of sp³-hybridized carbons (Fsp3) is 0.476. The number of hydrogen-bond donors (Lipinski definition) is 1. The van der Waals surface area contributed by atoms with Crippen LogP contribution in [0, 0.1) is 5.92 Å². The molecule has 1 aliphatic heterocycles. The summed E-state index contributed by atoms with van der Waals surface area (Å²) in [5, 5.41) is 3.09. The van der Waals surface area contributed by atoms with Gasteiger partial charge in [0, 0.05) is 44.8 Å². The van der Waals surface area contributed by atoms with Crippen LogP contribution in [0.15, 0.2) is 53.1 Å². The Balaban J connectivity index is 1.60. The summed E-state index contributed by atoms with van der Waals surface area (Å²) in [5.41, 5.74) is 1.27. The first-order valence-electron chi connectivity index (χ1n) is 9.47. The van der Waals surface area contributed by atoms with Gasteiger partial charge in [-0.1, -0.05) is 32.0 Å². The molecular formula is C21H29N3O2. The maximum atomic E-state index is 12.1. The molecule has 1 amide bonds. The molecule has 140 valence electrons. The maximum Gasteiger partial charge on any atom is 0.220 e. The quantitative estimate of drug-likeness (QED) is 0.828. The SMILES string of the molecule is CC(C)CC(=O)NC[C@@H](c1ccco1)N1CCN(c2ccccc2)CC1. The van der Waals surface area contributed by atoms with Gasteiger partial charge in [0.25, 0.3) is 0 Å². The smallest absolute Gasteiger partial charge is 0.220 e. The predicted molar refractivity (Wildman–Crippen MR) is 104 cm³/mol. The van der Waals surface area contributed by atoms with E-state index in [0.717, 1.165) is 31.9 Å². The van der Waals surface area contributed by atoms with E-state index >= 15 is 0 Å². The highest BCUT2D eigenvalue weighted by molar-refractivity contribution is 5.76. The van der Waals surface area contributed by atoms with E-state index in [1.54, 1.807) is 6.26 Å². The molecule has 26 heavy (non-hydrogen) atoms. The molecule has 0 unspecified atom stereocenters. The molecule has 3 rings (SSSR count). The van der Waals surface area contributed by atoms with E-state index in [4.69, 9.17) is 4.42 Å². The molecule has 1 fully saturated rings. The number of carbonyl (C=O) groups is 1. The van der Waals surface area contributed by atoms with Crippen molar-refractivity contribution in [1.82, 2.24) is 10.2 Å². The van der Waals surface area contributed by atoms with Gasteiger partial charge in [-0.2, -0.15) is 0 Å². The van der Waals surface area contributed by atoms with Gasteiger partial charge in [0.2, 0.25) is 5.91 Å². The Kier molecular flexibility index (Phi) is 6.34. The molecule has 1 N–H and O–H groups in total. The van der Waals surface area contributed by atoms with E-state index in [2.05, 4.69) is 53.2 Å². The van der Waals surface area contributed by atoms with Gasteiger partial charge in [0.05, 0.1) is 12.3 Å². The summed E-state index contributed by atoms with van der Waals surface area (Å²) in [5.74, 6) is 1.40. The van der Waals surface area contributed by atoms with E-state index in [1.807, 2.05) is 18.2 Å². The Morgan fingerprint density at radius 2 is 1.81 bits per heavy atom. The minimum atomic E-state index is 0.0824. The molecule has 0 bridgehead atoms. The van der Waals surface area contributed by atoms with Gasteiger partial charge in [0.1, 0.15) is 5.76 Å². The molecule has 2 aromatic rings. The van der Waals surface area contributed by atoms with E-state index in [9.17, 15) is 4.79 Å². The summed E-state index contributed by atoms with van der Waals surface area (Å²) in [6, 6.07) is 14.5. The average Bonchev–Trinajstić information content (AvgIpc) is 3.17. The van der Waals surface area contributed by atoms with Crippen molar-refractivity contribution in [2.45, 2.75) is 26.3 Å². The topological polar surface area (TPSA) is 48.7 Å². The fourth-order valence-corrected chi connectivity index (χ4v) is 3.47. The highest BCUT2D eigenvalue weighted by atomic mass is 16.3. The van der Waals surface area contributed by atoms with Gasteiger partial charge in [-0.15, -0.1) is 0 Å². The number of furan rings is 1. The van der Waals surface area contributed by atoms with Crippen molar-refractivity contribution in [2.75, 3.05) is 37.6 Å². The van der Waals surface area contributed by atoms with Gasteiger partial charge in [-0.3, -0.25) is 9.69 Å². The molecule has 0 aliphatic carbocycles. The van der Waals surface area contributed by atoms with Crippen molar-refractivity contribution >= 4 is 11.6 Å². The van der Waals surface area contributed by atoms with Gasteiger partial charge < -0.3 is 14.6 Å². The van der Waals surface area contributed by atoms with Gasteiger partial charge in [-0.25, -0.2) is 0 Å². The van der Waals surface area contributed by atoms with Crippen LogP contribution >= 0.6 is 0 Å². The second kappa shape index (κ2) is 8.90. The standard InChI is InChI=1S/C21H29N3O2/c1-17(2)15-21(25)22-16-19(20-9-6-14-26-20)24-12-10-23(11-13-24)18-7-4-3-5-8-18/h3-9,14,17,19H,10-13,15-16H2,1-2H3,(H,22,25)/t19-/m0/s1. The molecule has 1 aromatic carbocycles. The van der Waals surface area contributed by atoms with Gasteiger partial charge in [0.15, 0.2) is 0 Å². The number of amides is 1. The first-order chi connectivity index (χ1) is 12.6. The van der Waals surface area contributed by atoms with E-state index in [0.29, 0.717) is 18.9 Å². The number of anilines is 1. The Bertz CT molecular complexity index is 662. The van der Waals surface area contributed by atoms with Crippen LogP contribution in [0.25, 0.3) is 0 Å². The van der Waals surface area contributed by atoms with Crippen molar-refractivity contribution in [2.24, 2.45) is 5.92 Å². The van der Waals surface area contributed by atoms with Crippen molar-refractivity contribution < 1.29 is 9.21 Å². The minimum absolute atomic E-state index is 0.0824. The second-order valence-electron chi connectivity index (χ2n) is 7.29. The lowest BCUT2D eigenvalue weighted by atomic mass is 10.1. The van der Waals surface area contributed by atoms with Crippen LogP contribution in [0.4, 0.5) is 5.69 Å². The zero-order valence-electron chi connectivity index (χ0n) is 15.7. The number of carbonyl (C=O) groups excluding carboxylic acids is 1. The average molecular weight is 355 g/mol. The number of para-hydroxylation sites is 1. The number of benzene rings is 1. The molecule has 0 radical (unpaired) electrons. The normalized spacial score (nSPS) is 16.7. The van der Waals surface area contributed by atoms with E-state index in [1.165, 1.54) is 5.69 Å². The first kappa shape index (κ1) is 18.5. The Morgan fingerprint density at radius 3 is 2.42 bits per heavy atom. The second-order valence-corrected chi connectivity index (χ2v) is 7.29. The highest BCUT2D eigenvalue weighted by Gasteiger charge is 2.27. The van der Waals surface area contributed by atoms with Crippen molar-refractivity contribution in [1.29, 1.82) is 0 Å². The molecule has 0 spiro atoms. The minimum Gasteiger partial charge on any atom is -0.468 e. The summed E-state index contributed by atoms with van der Waals surface area (Å²) in [6.07, 6.45) is 2.27. The molecule has 1 atom stereocenters. The largest absolute Gasteiger partial charge is 0.468 e. The van der Waals surface area contributed by atoms with Crippen LogP contribution in [0.5, 0.6) is 0 Å². The maximum absolute atomic E-state index is 12.1. The lowest BCUT2D eigenvalue weighted by Crippen LogP contribution is -2.49. The molecule has 1 saturated heterocycles.